The van der Waals surface area contributed by atoms with Gasteiger partial charge in [0.25, 0.3) is 21.4 Å². The molecule has 13 nitrogen and oxygen atoms in total. The average Bonchev–Trinajstić information content (AvgIpc) is 2.99. The third-order valence-corrected chi connectivity index (χ3v) is 6.93. The molecule has 5 heterocycles. The Morgan fingerprint density at radius 1 is 0.930 bits per heavy atom. The van der Waals surface area contributed by atoms with E-state index in [-0.39, 0.29) is 17.7 Å². The molecule has 0 radical (unpaired) electrons. The maximum Gasteiger partial charge on any atom is 0.422 e. The van der Waals surface area contributed by atoms with Crippen molar-refractivity contribution in [3.8, 4) is 28.9 Å². The van der Waals surface area contributed by atoms with E-state index in [2.05, 4.69) is 77.6 Å². The van der Waals surface area contributed by atoms with Gasteiger partial charge in [-0.25, -0.2) is 14.5 Å². The number of carbonyl (C=O) groups is 1. The number of amides is 2. The van der Waals surface area contributed by atoms with E-state index < -0.39 is 39.6 Å². The van der Waals surface area contributed by atoms with E-state index in [0.717, 1.165) is 25.4 Å². The van der Waals surface area contributed by atoms with E-state index >= 15 is 0 Å². The van der Waals surface area contributed by atoms with Crippen LogP contribution in [-0.2, 0) is 23.1 Å². The Kier molecular flexibility index (Phi) is 9.54. The second kappa shape index (κ2) is 13.3. The third kappa shape index (κ3) is 8.25. The Bertz CT molecular complexity index is 1640. The molecule has 2 N–H and O–H groups in total. The molecule has 1 aliphatic rings. The zero-order valence-corrected chi connectivity index (χ0v) is 23.6. The van der Waals surface area contributed by atoms with Crippen LogP contribution >= 0.6 is 0 Å². The van der Waals surface area contributed by atoms with Crippen LogP contribution in [0.4, 0.5) is 23.9 Å². The first-order valence-corrected chi connectivity index (χ1v) is 13.9. The van der Waals surface area contributed by atoms with E-state index in [1.54, 1.807) is 4.72 Å². The molecule has 0 aromatic carbocycles. The van der Waals surface area contributed by atoms with Crippen LogP contribution in [-0.4, -0.2) is 56.4 Å². The molecule has 0 bridgehead atoms. The number of halogens is 3. The first-order chi connectivity index (χ1) is 20.5. The number of fused-ring (bicyclic) bond motifs is 3. The summed E-state index contributed by atoms with van der Waals surface area (Å²) in [6.45, 7) is 0.389. The minimum absolute atomic E-state index is 0.0163. The molecular weight excluding hydrogens is 595 g/mol. The molecule has 4 aromatic heterocycles. The summed E-state index contributed by atoms with van der Waals surface area (Å²) in [5.41, 5.74) is 2.61. The number of alkyl halides is 3. The molecule has 17 heteroatoms. The molecule has 226 valence electrons. The number of methoxy groups -OCH3 is 2. The largest absolute Gasteiger partial charge is 0.481 e. The van der Waals surface area contributed by atoms with E-state index in [9.17, 15) is 26.4 Å². The monoisotopic (exact) mass is 621 g/mol. The molecule has 4 aromatic rings. The van der Waals surface area contributed by atoms with Crippen molar-refractivity contribution in [1.29, 1.82) is 0 Å². The predicted molar refractivity (Wildman–Crippen MR) is 143 cm³/mol. The molecule has 5 rings (SSSR count). The first kappa shape index (κ1) is 30.9. The van der Waals surface area contributed by atoms with Crippen LogP contribution < -0.4 is 33.4 Å². The van der Waals surface area contributed by atoms with Crippen LogP contribution in [0.1, 0.15) is 0 Å². The highest BCUT2D eigenvalue weighted by Gasteiger charge is 2.31. The fourth-order valence-electron chi connectivity index (χ4n) is 3.84. The van der Waals surface area contributed by atoms with Crippen LogP contribution in [0.2, 0.25) is 0 Å². The molecule has 0 fully saturated rings. The van der Waals surface area contributed by atoms with Gasteiger partial charge in [0.05, 0.1) is 20.3 Å². The Hall–Kier alpha value is -5.06. The normalized spacial score (nSPS) is 12.0. The topological polar surface area (TPSA) is 149 Å². The van der Waals surface area contributed by atoms with Crippen molar-refractivity contribution in [2.45, 2.75) is 24.3 Å². The van der Waals surface area contributed by atoms with E-state index in [1.807, 2.05) is 5.32 Å². The maximum atomic E-state index is 12.3. The molecule has 0 atom stereocenters. The van der Waals surface area contributed by atoms with Crippen LogP contribution in [0.5, 0.6) is 17.5 Å². The van der Waals surface area contributed by atoms with Gasteiger partial charge in [-0.2, -0.15) is 40.7 Å². The molecular formula is C26H26F3N7O6S+2. The van der Waals surface area contributed by atoms with Crippen LogP contribution in [0.25, 0.3) is 11.4 Å². The second-order valence-electron chi connectivity index (χ2n) is 8.60. The maximum absolute atomic E-state index is 12.3. The zero-order valence-electron chi connectivity index (χ0n) is 22.8. The van der Waals surface area contributed by atoms with Crippen molar-refractivity contribution in [2.24, 2.45) is 0 Å². The van der Waals surface area contributed by atoms with Crippen molar-refractivity contribution in [1.82, 2.24) is 19.7 Å². The number of urea groups is 1. The summed E-state index contributed by atoms with van der Waals surface area (Å²) < 4.78 is 82.1. The number of hydrogen-bond donors (Lipinski definition) is 2. The third-order valence-electron chi connectivity index (χ3n) is 5.66. The summed E-state index contributed by atoms with van der Waals surface area (Å²) in [6, 6.07) is 14.8. The SMILES string of the molecule is COc1cc(OC)nc(NC(=O)NS(=O)(=O)c2ncccc2OCC(F)(F)F)n1.c1cc[n+]2c(c1)-c1cccc[n+]1CC2. The molecule has 0 spiro atoms. The number of hydrogen-bond acceptors (Lipinski definition) is 9. The number of nitrogens with zero attached hydrogens (tertiary/aromatic N) is 5. The van der Waals surface area contributed by atoms with Gasteiger partial charge in [-0.3, -0.25) is 5.32 Å². The number of ether oxygens (including phenoxy) is 3. The van der Waals surface area contributed by atoms with Crippen molar-refractivity contribution >= 4 is 22.0 Å². The number of aromatic nitrogens is 5. The number of nitrogens with one attached hydrogen (secondary N) is 2. The summed E-state index contributed by atoms with van der Waals surface area (Å²) in [5.74, 6) is -1.02. The van der Waals surface area contributed by atoms with Gasteiger partial charge in [0, 0.05) is 30.5 Å². The average molecular weight is 622 g/mol. The first-order valence-electron chi connectivity index (χ1n) is 12.4. The molecule has 43 heavy (non-hydrogen) atoms. The van der Waals surface area contributed by atoms with Gasteiger partial charge in [0.2, 0.25) is 35.8 Å². The molecule has 0 saturated carbocycles. The number of anilines is 1. The Morgan fingerprint density at radius 3 is 2.05 bits per heavy atom. The highest BCUT2D eigenvalue weighted by Crippen LogP contribution is 2.24. The second-order valence-corrected chi connectivity index (χ2v) is 10.2. The number of carbonyl (C=O) groups excluding carboxylic acids is 1. The lowest BCUT2D eigenvalue weighted by Crippen LogP contribution is -2.52. The summed E-state index contributed by atoms with van der Waals surface area (Å²) in [7, 11) is -2.11. The molecule has 1 aliphatic heterocycles. The standard InChI is InChI=1S/C14H14F3N5O6S.C12H12N2/c1-26-9-6-10(27-2)20-12(19-9)21-13(23)22-29(24,25)11-8(4-3-5-18-11)28-7-14(15,16)17;1-3-7-13-9-10-14-8-4-2-6-12(14)11(13)5-1/h3-6H,7H2,1-2H3,(H2,19,20,21,22,23);1-8H,9-10H2/q;+2. The fraction of sp³-hybridized carbons (Fsp3) is 0.231. The predicted octanol–water partition coefficient (Wildman–Crippen LogP) is 2.28. The van der Waals surface area contributed by atoms with E-state index in [0.29, 0.717) is 0 Å². The van der Waals surface area contributed by atoms with E-state index in [1.165, 1.54) is 37.7 Å². The lowest BCUT2D eigenvalue weighted by molar-refractivity contribution is -0.794. The smallest absolute Gasteiger partial charge is 0.422 e. The van der Waals surface area contributed by atoms with Crippen LogP contribution in [0, 0.1) is 0 Å². The van der Waals surface area contributed by atoms with Crippen molar-refractivity contribution in [3.05, 3.63) is 73.2 Å². The molecule has 0 unspecified atom stereocenters. The van der Waals surface area contributed by atoms with Gasteiger partial charge in [-0.15, -0.1) is 0 Å². The van der Waals surface area contributed by atoms with Gasteiger partial charge in [0.15, 0.2) is 24.8 Å². The van der Waals surface area contributed by atoms with Gasteiger partial charge in [-0.05, 0) is 24.3 Å². The van der Waals surface area contributed by atoms with Crippen molar-refractivity contribution in [2.75, 3.05) is 26.1 Å². The van der Waals surface area contributed by atoms with Crippen LogP contribution in [0.15, 0.2) is 78.2 Å². The summed E-state index contributed by atoms with van der Waals surface area (Å²) >= 11 is 0. The number of pyridine rings is 3. The number of rotatable bonds is 7. The van der Waals surface area contributed by atoms with E-state index in [4.69, 9.17) is 9.47 Å². The zero-order chi connectivity index (χ0) is 31.0. The lowest BCUT2D eigenvalue weighted by Gasteiger charge is -2.13. The Morgan fingerprint density at radius 2 is 1.51 bits per heavy atom. The highest BCUT2D eigenvalue weighted by atomic mass is 32.2. The minimum atomic E-state index is -4.70. The Labute approximate surface area is 244 Å². The van der Waals surface area contributed by atoms with Gasteiger partial charge in [-0.1, -0.05) is 0 Å². The quantitative estimate of drug-likeness (QED) is 0.297. The molecule has 0 saturated heterocycles. The highest BCUT2D eigenvalue weighted by molar-refractivity contribution is 7.90. The number of sulfonamides is 1. The van der Waals surface area contributed by atoms with Gasteiger partial charge >= 0.3 is 12.2 Å². The Balaban J connectivity index is 0.000000248. The van der Waals surface area contributed by atoms with Gasteiger partial charge in [0.1, 0.15) is 0 Å². The molecule has 2 amide bonds. The summed E-state index contributed by atoms with van der Waals surface area (Å²) in [5, 5.41) is 1.12. The van der Waals surface area contributed by atoms with Gasteiger partial charge < -0.3 is 14.2 Å². The molecule has 0 aliphatic carbocycles. The van der Waals surface area contributed by atoms with Crippen molar-refractivity contribution < 1.29 is 49.7 Å². The summed E-state index contributed by atoms with van der Waals surface area (Å²) in [4.78, 5) is 23.0. The summed E-state index contributed by atoms with van der Waals surface area (Å²) in [6.07, 6.45) is 0.588. The minimum Gasteiger partial charge on any atom is -0.481 e. The fourth-order valence-corrected chi connectivity index (χ4v) is 4.82. The lowest BCUT2D eigenvalue weighted by atomic mass is 10.2. The number of aryl methyl sites for hydroxylation is 2. The van der Waals surface area contributed by atoms with Crippen molar-refractivity contribution in [3.63, 3.8) is 0 Å². The van der Waals surface area contributed by atoms with Crippen LogP contribution in [0.3, 0.4) is 0 Å².